The van der Waals surface area contributed by atoms with E-state index in [2.05, 4.69) is 17.4 Å². The highest BCUT2D eigenvalue weighted by molar-refractivity contribution is 7.12. The highest BCUT2D eigenvalue weighted by atomic mass is 32.1. The second-order valence-corrected chi connectivity index (χ2v) is 6.76. The summed E-state index contributed by atoms with van der Waals surface area (Å²) in [5.74, 6) is -0.151. The van der Waals surface area contributed by atoms with Gasteiger partial charge in [0, 0.05) is 9.75 Å². The van der Waals surface area contributed by atoms with Gasteiger partial charge in [-0.05, 0) is 74.5 Å². The van der Waals surface area contributed by atoms with E-state index in [9.17, 15) is 4.39 Å². The van der Waals surface area contributed by atoms with Gasteiger partial charge in [0.15, 0.2) is 0 Å². The molecule has 1 aliphatic carbocycles. The highest BCUT2D eigenvalue weighted by Crippen LogP contribution is 2.35. The first-order chi connectivity index (χ1) is 9.67. The molecular weight excluding hydrogens is 269 g/mol. The number of hydrogen-bond acceptors (Lipinski definition) is 2. The topological polar surface area (TPSA) is 12.0 Å². The van der Waals surface area contributed by atoms with Crippen LogP contribution in [-0.4, -0.2) is 7.05 Å². The number of nitrogens with one attached hydrogen (secondary N) is 1. The minimum Gasteiger partial charge on any atom is -0.309 e. The number of benzene rings is 1. The first-order valence-electron chi connectivity index (χ1n) is 7.23. The lowest BCUT2D eigenvalue weighted by atomic mass is 9.97. The average Bonchev–Trinajstić information content (AvgIpc) is 2.81. The molecule has 0 fully saturated rings. The number of halogens is 1. The van der Waals surface area contributed by atoms with Gasteiger partial charge in [-0.3, -0.25) is 0 Å². The monoisotopic (exact) mass is 289 g/mol. The van der Waals surface area contributed by atoms with Crippen molar-refractivity contribution in [2.45, 2.75) is 38.6 Å². The summed E-state index contributed by atoms with van der Waals surface area (Å²) in [6.45, 7) is 1.94. The zero-order valence-corrected chi connectivity index (χ0v) is 12.8. The molecule has 1 nitrogen and oxygen atoms in total. The molecule has 1 aromatic carbocycles. The van der Waals surface area contributed by atoms with Crippen LogP contribution in [0.25, 0.3) is 0 Å². The van der Waals surface area contributed by atoms with Crippen LogP contribution in [0.5, 0.6) is 0 Å². The molecule has 20 heavy (non-hydrogen) atoms. The van der Waals surface area contributed by atoms with Crippen molar-refractivity contribution < 1.29 is 4.39 Å². The Kier molecular flexibility index (Phi) is 3.90. The Labute approximate surface area is 123 Å². The lowest BCUT2D eigenvalue weighted by molar-refractivity contribution is 0.616. The molecule has 0 spiro atoms. The molecule has 1 aliphatic rings. The maximum Gasteiger partial charge on any atom is 0.123 e. The summed E-state index contributed by atoms with van der Waals surface area (Å²) in [5, 5.41) is 3.34. The van der Waals surface area contributed by atoms with Gasteiger partial charge in [0.05, 0.1) is 6.04 Å². The Morgan fingerprint density at radius 1 is 1.15 bits per heavy atom. The normalized spacial score (nSPS) is 15.9. The smallest absolute Gasteiger partial charge is 0.123 e. The van der Waals surface area contributed by atoms with Gasteiger partial charge in [-0.15, -0.1) is 11.3 Å². The predicted octanol–water partition coefficient (Wildman–Crippen LogP) is 4.38. The molecule has 1 aromatic heterocycles. The molecule has 0 bridgehead atoms. The number of thiophene rings is 1. The van der Waals surface area contributed by atoms with Crippen LogP contribution in [0.4, 0.5) is 4.39 Å². The lowest BCUT2D eigenvalue weighted by Crippen LogP contribution is -2.16. The Bertz CT molecular complexity index is 574. The summed E-state index contributed by atoms with van der Waals surface area (Å²) in [6.07, 6.45) is 5.01. The zero-order chi connectivity index (χ0) is 14.1. The van der Waals surface area contributed by atoms with E-state index in [4.69, 9.17) is 0 Å². The molecule has 0 amide bonds. The molecule has 0 saturated heterocycles. The molecule has 1 atom stereocenters. The molecule has 106 valence electrons. The highest BCUT2D eigenvalue weighted by Gasteiger charge is 2.20. The predicted molar refractivity (Wildman–Crippen MR) is 83.0 cm³/mol. The van der Waals surface area contributed by atoms with Crippen LogP contribution in [0, 0.1) is 12.7 Å². The van der Waals surface area contributed by atoms with Gasteiger partial charge in [0.1, 0.15) is 5.82 Å². The van der Waals surface area contributed by atoms with E-state index in [1.165, 1.54) is 41.0 Å². The minimum atomic E-state index is -0.151. The second kappa shape index (κ2) is 5.66. The fraction of sp³-hybridized carbons (Fsp3) is 0.412. The summed E-state index contributed by atoms with van der Waals surface area (Å²) in [4.78, 5) is 2.84. The third kappa shape index (κ3) is 2.65. The van der Waals surface area contributed by atoms with Crippen LogP contribution in [0.15, 0.2) is 24.3 Å². The molecule has 0 aliphatic heterocycles. The first-order valence-corrected chi connectivity index (χ1v) is 8.05. The molecule has 1 heterocycles. The molecule has 1 N–H and O–H groups in total. The van der Waals surface area contributed by atoms with Crippen LogP contribution in [0.1, 0.15) is 45.3 Å². The van der Waals surface area contributed by atoms with Gasteiger partial charge in [0.25, 0.3) is 0 Å². The minimum absolute atomic E-state index is 0.0972. The Hall–Kier alpha value is -1.19. The van der Waals surface area contributed by atoms with E-state index < -0.39 is 0 Å². The van der Waals surface area contributed by atoms with Gasteiger partial charge >= 0.3 is 0 Å². The largest absolute Gasteiger partial charge is 0.309 e. The van der Waals surface area contributed by atoms with Crippen LogP contribution in [0.2, 0.25) is 0 Å². The van der Waals surface area contributed by atoms with Crippen molar-refractivity contribution in [2.75, 3.05) is 7.05 Å². The molecule has 2 aromatic rings. The fourth-order valence-electron chi connectivity index (χ4n) is 3.06. The fourth-order valence-corrected chi connectivity index (χ4v) is 4.46. The molecule has 1 unspecified atom stereocenters. The van der Waals surface area contributed by atoms with Crippen molar-refractivity contribution in [3.05, 3.63) is 56.5 Å². The van der Waals surface area contributed by atoms with Crippen molar-refractivity contribution in [3.63, 3.8) is 0 Å². The van der Waals surface area contributed by atoms with E-state index in [0.29, 0.717) is 0 Å². The summed E-state index contributed by atoms with van der Waals surface area (Å²) in [5.41, 5.74) is 3.50. The van der Waals surface area contributed by atoms with E-state index in [0.717, 1.165) is 11.1 Å². The van der Waals surface area contributed by atoms with Crippen molar-refractivity contribution in [3.8, 4) is 0 Å². The average molecular weight is 289 g/mol. The van der Waals surface area contributed by atoms with Crippen molar-refractivity contribution in [1.29, 1.82) is 0 Å². The van der Waals surface area contributed by atoms with Crippen molar-refractivity contribution in [1.82, 2.24) is 5.32 Å². The van der Waals surface area contributed by atoms with Gasteiger partial charge in [-0.1, -0.05) is 6.07 Å². The summed E-state index contributed by atoms with van der Waals surface area (Å²) in [6, 6.07) is 7.71. The van der Waals surface area contributed by atoms with Gasteiger partial charge in [-0.25, -0.2) is 4.39 Å². The number of fused-ring (bicyclic) bond motifs is 1. The SMILES string of the molecule is CNC(c1cc(C)cc(F)c1)c1cc2c(s1)CCCC2. The van der Waals surface area contributed by atoms with E-state index in [1.54, 1.807) is 12.1 Å². The second-order valence-electron chi connectivity index (χ2n) is 5.59. The lowest BCUT2D eigenvalue weighted by Gasteiger charge is -2.16. The van der Waals surface area contributed by atoms with E-state index in [1.807, 2.05) is 25.3 Å². The van der Waals surface area contributed by atoms with Crippen LogP contribution >= 0.6 is 11.3 Å². The number of rotatable bonds is 3. The standard InChI is InChI=1S/C17H20FNS/c1-11-7-13(9-14(18)8-11)17(19-2)16-10-12-5-3-4-6-15(12)20-16/h7-10,17,19H,3-6H2,1-2H3. The summed E-state index contributed by atoms with van der Waals surface area (Å²) < 4.78 is 13.6. The maximum absolute atomic E-state index is 13.6. The molecule has 3 heteroatoms. The zero-order valence-electron chi connectivity index (χ0n) is 12.0. The Morgan fingerprint density at radius 2 is 1.95 bits per heavy atom. The van der Waals surface area contributed by atoms with Crippen LogP contribution in [-0.2, 0) is 12.8 Å². The molecule has 3 rings (SSSR count). The van der Waals surface area contributed by atoms with E-state index >= 15 is 0 Å². The third-order valence-corrected chi connectivity index (χ3v) is 5.29. The number of hydrogen-bond donors (Lipinski definition) is 1. The van der Waals surface area contributed by atoms with Gasteiger partial charge < -0.3 is 5.32 Å². The first kappa shape index (κ1) is 13.8. The Balaban J connectivity index is 1.98. The van der Waals surface area contributed by atoms with Crippen LogP contribution < -0.4 is 5.32 Å². The summed E-state index contributed by atoms with van der Waals surface area (Å²) in [7, 11) is 1.95. The molecule has 0 saturated carbocycles. The van der Waals surface area contributed by atoms with Crippen molar-refractivity contribution in [2.24, 2.45) is 0 Å². The molecular formula is C17H20FNS. The number of aryl methyl sites for hydroxylation is 3. The van der Waals surface area contributed by atoms with E-state index in [-0.39, 0.29) is 11.9 Å². The maximum atomic E-state index is 13.6. The van der Waals surface area contributed by atoms with Gasteiger partial charge in [-0.2, -0.15) is 0 Å². The van der Waals surface area contributed by atoms with Gasteiger partial charge in [0.2, 0.25) is 0 Å². The third-order valence-electron chi connectivity index (χ3n) is 3.99. The Morgan fingerprint density at radius 3 is 2.65 bits per heavy atom. The van der Waals surface area contributed by atoms with Crippen LogP contribution in [0.3, 0.4) is 0 Å². The quantitative estimate of drug-likeness (QED) is 0.884. The summed E-state index contributed by atoms with van der Waals surface area (Å²) >= 11 is 1.89. The molecule has 0 radical (unpaired) electrons. The van der Waals surface area contributed by atoms with Crippen molar-refractivity contribution >= 4 is 11.3 Å².